The highest BCUT2D eigenvalue weighted by molar-refractivity contribution is 7.89. The summed E-state index contributed by atoms with van der Waals surface area (Å²) in [6, 6.07) is 22.3. The Morgan fingerprint density at radius 1 is 0.875 bits per heavy atom. The van der Waals surface area contributed by atoms with Crippen molar-refractivity contribution in [1.29, 1.82) is 5.26 Å². The number of carbonyl (C=O) groups excluding carboxylic acids is 1. The summed E-state index contributed by atoms with van der Waals surface area (Å²) in [5.74, 6) is -0.261. The quantitative estimate of drug-likeness (QED) is 0.422. The van der Waals surface area contributed by atoms with Gasteiger partial charge in [-0.15, -0.1) is 0 Å². The first kappa shape index (κ1) is 21.8. The summed E-state index contributed by atoms with van der Waals surface area (Å²) in [6.45, 7) is 1.01. The third kappa shape index (κ3) is 4.72. The second-order valence-electron chi connectivity index (χ2n) is 7.60. The van der Waals surface area contributed by atoms with E-state index in [4.69, 9.17) is 10.00 Å². The molecule has 0 amide bonds. The number of rotatable bonds is 5. The molecule has 1 heterocycles. The number of esters is 1. The fourth-order valence-corrected chi connectivity index (χ4v) is 5.22. The lowest BCUT2D eigenvalue weighted by Gasteiger charge is -2.25. The second kappa shape index (κ2) is 9.35. The molecule has 1 fully saturated rings. The molecule has 1 saturated heterocycles. The zero-order chi connectivity index (χ0) is 22.6. The van der Waals surface area contributed by atoms with Crippen LogP contribution in [-0.4, -0.2) is 31.8 Å². The first-order chi connectivity index (χ1) is 15.5. The van der Waals surface area contributed by atoms with Crippen LogP contribution in [0.5, 0.6) is 5.75 Å². The smallest absolute Gasteiger partial charge is 0.343 e. The molecule has 7 heteroatoms. The number of nitriles is 1. The van der Waals surface area contributed by atoms with Gasteiger partial charge in [0.25, 0.3) is 0 Å². The summed E-state index contributed by atoms with van der Waals surface area (Å²) in [4.78, 5) is 12.7. The Morgan fingerprint density at radius 2 is 1.50 bits per heavy atom. The van der Waals surface area contributed by atoms with E-state index in [0.29, 0.717) is 24.4 Å². The van der Waals surface area contributed by atoms with E-state index in [9.17, 15) is 13.2 Å². The van der Waals surface area contributed by atoms with E-state index in [2.05, 4.69) is 6.07 Å². The van der Waals surface area contributed by atoms with Gasteiger partial charge in [-0.25, -0.2) is 13.2 Å². The maximum absolute atomic E-state index is 12.9. The SMILES string of the molecule is N#Cc1ccc(-c2ccc(OC(=O)c3cccc(S(=O)(=O)N4CCCCC4)c3)cc2)cc1. The highest BCUT2D eigenvalue weighted by atomic mass is 32.2. The Morgan fingerprint density at radius 3 is 2.12 bits per heavy atom. The number of sulfonamides is 1. The number of hydrogen-bond acceptors (Lipinski definition) is 5. The van der Waals surface area contributed by atoms with Gasteiger partial charge in [0.1, 0.15) is 5.75 Å². The topological polar surface area (TPSA) is 87.5 Å². The Hall–Kier alpha value is -3.47. The van der Waals surface area contributed by atoms with Crippen molar-refractivity contribution < 1.29 is 17.9 Å². The highest BCUT2D eigenvalue weighted by Gasteiger charge is 2.26. The Kier molecular flexibility index (Phi) is 6.35. The van der Waals surface area contributed by atoms with Gasteiger partial charge >= 0.3 is 5.97 Å². The number of piperidine rings is 1. The predicted octanol–water partition coefficient (Wildman–Crippen LogP) is 4.62. The van der Waals surface area contributed by atoms with Gasteiger partial charge in [0.15, 0.2) is 0 Å². The van der Waals surface area contributed by atoms with Crippen molar-refractivity contribution in [3.05, 3.63) is 83.9 Å². The summed E-state index contributed by atoms with van der Waals surface area (Å²) < 4.78 is 32.7. The molecule has 0 atom stereocenters. The molecule has 1 aliphatic heterocycles. The molecule has 0 aromatic heterocycles. The summed E-state index contributed by atoms with van der Waals surface area (Å²) in [5.41, 5.74) is 2.63. The first-order valence-corrected chi connectivity index (χ1v) is 11.8. The molecule has 32 heavy (non-hydrogen) atoms. The van der Waals surface area contributed by atoms with Crippen LogP contribution in [0.25, 0.3) is 11.1 Å². The van der Waals surface area contributed by atoms with Gasteiger partial charge in [-0.2, -0.15) is 9.57 Å². The molecule has 0 spiro atoms. The number of ether oxygens (including phenoxy) is 1. The van der Waals surface area contributed by atoms with Crippen LogP contribution in [0.3, 0.4) is 0 Å². The van der Waals surface area contributed by atoms with E-state index >= 15 is 0 Å². The minimum Gasteiger partial charge on any atom is -0.423 e. The molecule has 0 aliphatic carbocycles. The third-order valence-electron chi connectivity index (χ3n) is 5.43. The fourth-order valence-electron chi connectivity index (χ4n) is 3.66. The maximum atomic E-state index is 12.9. The van der Waals surface area contributed by atoms with E-state index in [0.717, 1.165) is 30.4 Å². The van der Waals surface area contributed by atoms with Crippen LogP contribution in [0.15, 0.2) is 77.7 Å². The van der Waals surface area contributed by atoms with Gasteiger partial charge in [0.05, 0.1) is 22.1 Å². The Bertz CT molecular complexity index is 1250. The minimum atomic E-state index is -3.63. The summed E-state index contributed by atoms with van der Waals surface area (Å²) in [6.07, 6.45) is 2.72. The van der Waals surface area contributed by atoms with E-state index in [1.165, 1.54) is 16.4 Å². The molecule has 0 unspecified atom stereocenters. The van der Waals surface area contributed by atoms with Gasteiger partial charge in [0.2, 0.25) is 10.0 Å². The maximum Gasteiger partial charge on any atom is 0.343 e. The van der Waals surface area contributed by atoms with Crippen molar-refractivity contribution in [3.63, 3.8) is 0 Å². The third-order valence-corrected chi connectivity index (χ3v) is 7.33. The molecule has 0 bridgehead atoms. The van der Waals surface area contributed by atoms with Crippen LogP contribution in [0.2, 0.25) is 0 Å². The van der Waals surface area contributed by atoms with Crippen LogP contribution < -0.4 is 4.74 Å². The normalized spacial score (nSPS) is 14.5. The van der Waals surface area contributed by atoms with Crippen LogP contribution in [-0.2, 0) is 10.0 Å². The number of hydrogen-bond donors (Lipinski definition) is 0. The Balaban J connectivity index is 1.48. The summed E-state index contributed by atoms with van der Waals surface area (Å²) >= 11 is 0. The fraction of sp³-hybridized carbons (Fsp3) is 0.200. The van der Waals surface area contributed by atoms with E-state index in [1.807, 2.05) is 24.3 Å². The molecule has 0 N–H and O–H groups in total. The van der Waals surface area contributed by atoms with E-state index in [1.54, 1.807) is 36.4 Å². The molecular weight excluding hydrogens is 424 g/mol. The Labute approximate surface area is 187 Å². The van der Waals surface area contributed by atoms with Crippen molar-refractivity contribution >= 4 is 16.0 Å². The van der Waals surface area contributed by atoms with Crippen LogP contribution in [0.4, 0.5) is 0 Å². The standard InChI is InChI=1S/C25H22N2O4S/c26-18-19-7-9-20(10-8-19)21-11-13-23(14-12-21)31-25(28)22-5-4-6-24(17-22)32(29,30)27-15-2-1-3-16-27/h4-14,17H,1-3,15-16H2. The van der Waals surface area contributed by atoms with Crippen molar-refractivity contribution in [2.45, 2.75) is 24.2 Å². The zero-order valence-electron chi connectivity index (χ0n) is 17.4. The van der Waals surface area contributed by atoms with Crippen molar-refractivity contribution in [3.8, 4) is 22.9 Å². The molecular formula is C25H22N2O4S. The van der Waals surface area contributed by atoms with E-state index in [-0.39, 0.29) is 10.5 Å². The molecule has 0 radical (unpaired) electrons. The first-order valence-electron chi connectivity index (χ1n) is 10.4. The van der Waals surface area contributed by atoms with Gasteiger partial charge < -0.3 is 4.74 Å². The largest absolute Gasteiger partial charge is 0.423 e. The molecule has 6 nitrogen and oxygen atoms in total. The number of nitrogens with zero attached hydrogens (tertiary/aromatic N) is 2. The average molecular weight is 447 g/mol. The van der Waals surface area contributed by atoms with Crippen molar-refractivity contribution in [2.24, 2.45) is 0 Å². The predicted molar refractivity (Wildman–Crippen MR) is 121 cm³/mol. The lowest BCUT2D eigenvalue weighted by molar-refractivity contribution is 0.0734. The monoisotopic (exact) mass is 446 g/mol. The van der Waals surface area contributed by atoms with E-state index < -0.39 is 16.0 Å². The summed E-state index contributed by atoms with van der Waals surface area (Å²) in [5, 5.41) is 8.91. The zero-order valence-corrected chi connectivity index (χ0v) is 18.2. The molecule has 4 rings (SSSR count). The highest BCUT2D eigenvalue weighted by Crippen LogP contribution is 2.25. The molecule has 3 aromatic carbocycles. The lowest BCUT2D eigenvalue weighted by Crippen LogP contribution is -2.35. The van der Waals surface area contributed by atoms with Crippen molar-refractivity contribution in [1.82, 2.24) is 4.31 Å². The number of carbonyl (C=O) groups is 1. The minimum absolute atomic E-state index is 0.102. The van der Waals surface area contributed by atoms with Crippen molar-refractivity contribution in [2.75, 3.05) is 13.1 Å². The van der Waals surface area contributed by atoms with Gasteiger partial charge in [0, 0.05) is 13.1 Å². The molecule has 0 saturated carbocycles. The number of benzene rings is 3. The molecule has 3 aromatic rings. The molecule has 162 valence electrons. The van der Waals surface area contributed by atoms with Crippen LogP contribution in [0.1, 0.15) is 35.2 Å². The van der Waals surface area contributed by atoms with Gasteiger partial charge in [-0.1, -0.05) is 36.8 Å². The van der Waals surface area contributed by atoms with Gasteiger partial charge in [-0.05, 0) is 66.4 Å². The van der Waals surface area contributed by atoms with Gasteiger partial charge in [-0.3, -0.25) is 0 Å². The van der Waals surface area contributed by atoms with Crippen LogP contribution >= 0.6 is 0 Å². The van der Waals surface area contributed by atoms with Crippen LogP contribution in [0, 0.1) is 11.3 Å². The average Bonchev–Trinajstić information content (AvgIpc) is 2.85. The summed E-state index contributed by atoms with van der Waals surface area (Å²) in [7, 11) is -3.63. The lowest BCUT2D eigenvalue weighted by atomic mass is 10.0. The second-order valence-corrected chi connectivity index (χ2v) is 9.53. The molecule has 1 aliphatic rings.